The summed E-state index contributed by atoms with van der Waals surface area (Å²) in [5.41, 5.74) is 0.617. The van der Waals surface area contributed by atoms with Crippen molar-refractivity contribution >= 4 is 27.4 Å². The van der Waals surface area contributed by atoms with Crippen LogP contribution in [0.25, 0.3) is 0 Å². The van der Waals surface area contributed by atoms with E-state index in [4.69, 9.17) is 10.4 Å². The standard InChI is InChI=1S/C4H7BrN2O2/c1-3(6-8)4(2-5)7-9/h8-9H,2H2,1H3/b6-3+,7-4-. The van der Waals surface area contributed by atoms with Crippen LogP contribution in [0, 0.1) is 0 Å². The molecule has 52 valence electrons. The number of hydrogen-bond acceptors (Lipinski definition) is 4. The van der Waals surface area contributed by atoms with Gasteiger partial charge in [-0.2, -0.15) is 0 Å². The first kappa shape index (κ1) is 8.42. The Labute approximate surface area is 61.0 Å². The minimum Gasteiger partial charge on any atom is -0.411 e. The van der Waals surface area contributed by atoms with Crippen molar-refractivity contribution in [3.63, 3.8) is 0 Å². The van der Waals surface area contributed by atoms with Gasteiger partial charge in [0.1, 0.15) is 11.4 Å². The zero-order valence-electron chi connectivity index (χ0n) is 4.87. The molecule has 0 atom stereocenters. The quantitative estimate of drug-likeness (QED) is 0.299. The van der Waals surface area contributed by atoms with Gasteiger partial charge in [-0.05, 0) is 6.92 Å². The van der Waals surface area contributed by atoms with E-state index in [9.17, 15) is 0 Å². The Hall–Kier alpha value is -0.580. The fraction of sp³-hybridized carbons (Fsp3) is 0.500. The van der Waals surface area contributed by atoms with Gasteiger partial charge in [0.25, 0.3) is 0 Å². The van der Waals surface area contributed by atoms with Crippen LogP contribution in [0.4, 0.5) is 0 Å². The second-order valence-electron chi connectivity index (χ2n) is 1.37. The lowest BCUT2D eigenvalue weighted by molar-refractivity contribution is 0.314. The summed E-state index contributed by atoms with van der Waals surface area (Å²) in [5.74, 6) is 0. The van der Waals surface area contributed by atoms with Gasteiger partial charge in [0.2, 0.25) is 0 Å². The molecule has 4 nitrogen and oxygen atoms in total. The third-order valence-corrected chi connectivity index (χ3v) is 1.35. The lowest BCUT2D eigenvalue weighted by Crippen LogP contribution is -2.11. The molecule has 0 aromatic rings. The van der Waals surface area contributed by atoms with Crippen molar-refractivity contribution in [2.45, 2.75) is 6.92 Å². The maximum Gasteiger partial charge on any atom is 0.115 e. The predicted octanol–water partition coefficient (Wildman–Crippen LogP) is 1.06. The predicted molar refractivity (Wildman–Crippen MR) is 37.9 cm³/mol. The van der Waals surface area contributed by atoms with Gasteiger partial charge in [-0.15, -0.1) is 0 Å². The van der Waals surface area contributed by atoms with Crippen molar-refractivity contribution < 1.29 is 10.4 Å². The number of hydrogen-bond donors (Lipinski definition) is 2. The van der Waals surface area contributed by atoms with E-state index < -0.39 is 0 Å². The molecule has 2 N–H and O–H groups in total. The summed E-state index contributed by atoms with van der Waals surface area (Å²) in [4.78, 5) is 0. The van der Waals surface area contributed by atoms with Gasteiger partial charge in [0.15, 0.2) is 0 Å². The zero-order valence-corrected chi connectivity index (χ0v) is 6.46. The van der Waals surface area contributed by atoms with Gasteiger partial charge >= 0.3 is 0 Å². The molecule has 0 aliphatic carbocycles. The maximum atomic E-state index is 8.19. The molecule has 5 heteroatoms. The monoisotopic (exact) mass is 194 g/mol. The minimum absolute atomic E-state index is 0.300. The highest BCUT2D eigenvalue weighted by Gasteiger charge is 2.00. The highest BCUT2D eigenvalue weighted by Crippen LogP contribution is 1.88. The molecule has 0 aromatic heterocycles. The van der Waals surface area contributed by atoms with Crippen LogP contribution in [0.5, 0.6) is 0 Å². The average Bonchev–Trinajstić information content (AvgIpc) is 1.90. The summed E-state index contributed by atoms with van der Waals surface area (Å²) < 4.78 is 0. The highest BCUT2D eigenvalue weighted by atomic mass is 79.9. The van der Waals surface area contributed by atoms with E-state index in [1.165, 1.54) is 6.92 Å². The minimum atomic E-state index is 0.300. The Morgan fingerprint density at radius 1 is 1.44 bits per heavy atom. The molecule has 0 bridgehead atoms. The third kappa shape index (κ3) is 2.46. The van der Waals surface area contributed by atoms with Crippen molar-refractivity contribution in [1.82, 2.24) is 0 Å². The second-order valence-corrected chi connectivity index (χ2v) is 1.93. The van der Waals surface area contributed by atoms with Crippen LogP contribution in [0.3, 0.4) is 0 Å². The first-order valence-corrected chi connectivity index (χ1v) is 3.34. The van der Waals surface area contributed by atoms with Gasteiger partial charge in [-0.3, -0.25) is 0 Å². The second kappa shape index (κ2) is 4.31. The fourth-order valence-corrected chi connectivity index (χ4v) is 0.771. The molecule has 0 spiro atoms. The van der Waals surface area contributed by atoms with Crippen LogP contribution in [-0.2, 0) is 0 Å². The van der Waals surface area contributed by atoms with Crippen LogP contribution < -0.4 is 0 Å². The van der Waals surface area contributed by atoms with Gasteiger partial charge in [0, 0.05) is 0 Å². The van der Waals surface area contributed by atoms with Crippen LogP contribution >= 0.6 is 15.9 Å². The molecule has 0 fully saturated rings. The maximum absolute atomic E-state index is 8.19. The molecule has 0 saturated heterocycles. The van der Waals surface area contributed by atoms with Gasteiger partial charge in [-0.25, -0.2) is 0 Å². The smallest absolute Gasteiger partial charge is 0.115 e. The summed E-state index contributed by atoms with van der Waals surface area (Å²) in [7, 11) is 0. The van der Waals surface area contributed by atoms with Gasteiger partial charge in [-0.1, -0.05) is 26.2 Å². The molecular weight excluding hydrogens is 188 g/mol. The summed E-state index contributed by atoms with van der Waals surface area (Å²) in [6, 6.07) is 0. The number of alkyl halides is 1. The van der Waals surface area contributed by atoms with E-state index >= 15 is 0 Å². The Balaban J connectivity index is 4.14. The molecule has 0 rings (SSSR count). The molecule has 0 aromatic carbocycles. The lowest BCUT2D eigenvalue weighted by atomic mass is 10.3. The highest BCUT2D eigenvalue weighted by molar-refractivity contribution is 9.09. The summed E-state index contributed by atoms with van der Waals surface area (Å²) in [6.45, 7) is 1.54. The fourth-order valence-electron chi connectivity index (χ4n) is 0.253. The van der Waals surface area contributed by atoms with Crippen molar-refractivity contribution in [1.29, 1.82) is 0 Å². The van der Waals surface area contributed by atoms with Crippen molar-refractivity contribution in [3.8, 4) is 0 Å². The van der Waals surface area contributed by atoms with Crippen LogP contribution in [0.1, 0.15) is 6.92 Å². The van der Waals surface area contributed by atoms with E-state index in [0.717, 1.165) is 0 Å². The molecular formula is C4H7BrN2O2. The lowest BCUT2D eigenvalue weighted by Gasteiger charge is -1.93. The van der Waals surface area contributed by atoms with Crippen LogP contribution in [0.15, 0.2) is 10.3 Å². The molecule has 0 saturated carbocycles. The molecule has 0 amide bonds. The first-order valence-electron chi connectivity index (χ1n) is 2.22. The van der Waals surface area contributed by atoms with Crippen molar-refractivity contribution in [3.05, 3.63) is 0 Å². The van der Waals surface area contributed by atoms with Gasteiger partial charge < -0.3 is 10.4 Å². The average molecular weight is 195 g/mol. The van der Waals surface area contributed by atoms with E-state index in [1.807, 2.05) is 0 Å². The summed E-state index contributed by atoms with van der Waals surface area (Å²) in [6.07, 6.45) is 0. The van der Waals surface area contributed by atoms with E-state index in [-0.39, 0.29) is 0 Å². The summed E-state index contributed by atoms with van der Waals surface area (Å²) >= 11 is 3.03. The van der Waals surface area contributed by atoms with Crippen molar-refractivity contribution in [2.75, 3.05) is 5.33 Å². The van der Waals surface area contributed by atoms with E-state index in [1.54, 1.807) is 0 Å². The summed E-state index contributed by atoms with van der Waals surface area (Å²) in [5, 5.41) is 22.4. The number of nitrogens with zero attached hydrogens (tertiary/aromatic N) is 2. The molecule has 0 aliphatic rings. The number of halogens is 1. The van der Waals surface area contributed by atoms with Crippen LogP contribution in [0.2, 0.25) is 0 Å². The molecule has 0 unspecified atom stereocenters. The topological polar surface area (TPSA) is 65.2 Å². The molecule has 9 heavy (non-hydrogen) atoms. The Morgan fingerprint density at radius 2 is 2.00 bits per heavy atom. The van der Waals surface area contributed by atoms with E-state index in [0.29, 0.717) is 16.8 Å². The first-order chi connectivity index (χ1) is 4.26. The normalized spacial score (nSPS) is 14.0. The van der Waals surface area contributed by atoms with Crippen molar-refractivity contribution in [2.24, 2.45) is 10.3 Å². The zero-order chi connectivity index (χ0) is 7.28. The Kier molecular flexibility index (Phi) is 4.04. The largest absolute Gasteiger partial charge is 0.411 e. The molecule has 0 aliphatic heterocycles. The third-order valence-electron chi connectivity index (χ3n) is 0.815. The number of oxime groups is 2. The number of rotatable bonds is 2. The molecule has 0 heterocycles. The Bertz CT molecular complexity index is 144. The SMILES string of the molecule is CC(=N\O)/C(CBr)=N\O. The molecule has 0 radical (unpaired) electrons. The van der Waals surface area contributed by atoms with Crippen LogP contribution in [-0.4, -0.2) is 27.2 Å². The Morgan fingerprint density at radius 3 is 2.11 bits per heavy atom. The van der Waals surface area contributed by atoms with Gasteiger partial charge in [0.05, 0.1) is 5.33 Å². The van der Waals surface area contributed by atoms with E-state index in [2.05, 4.69) is 26.2 Å².